The van der Waals surface area contributed by atoms with E-state index in [-0.39, 0.29) is 17.3 Å². The van der Waals surface area contributed by atoms with Gasteiger partial charge in [0.15, 0.2) is 0 Å². The SMILES string of the molecule is CCOC(=O)C1CCCN(CC(Cl)c2cccs2)C1. The van der Waals surface area contributed by atoms with Crippen LogP contribution in [0.5, 0.6) is 0 Å². The van der Waals surface area contributed by atoms with Crippen LogP contribution in [0.4, 0.5) is 0 Å². The molecule has 3 nitrogen and oxygen atoms in total. The van der Waals surface area contributed by atoms with Gasteiger partial charge in [0.1, 0.15) is 0 Å². The van der Waals surface area contributed by atoms with Crippen molar-refractivity contribution in [2.75, 3.05) is 26.2 Å². The lowest BCUT2D eigenvalue weighted by atomic mass is 9.98. The summed E-state index contributed by atoms with van der Waals surface area (Å²) in [4.78, 5) is 15.3. The number of thiophene rings is 1. The molecule has 1 fully saturated rings. The fourth-order valence-corrected chi connectivity index (χ4v) is 3.58. The molecule has 2 heterocycles. The molecule has 0 aromatic carbocycles. The highest BCUT2D eigenvalue weighted by atomic mass is 35.5. The molecule has 19 heavy (non-hydrogen) atoms. The average molecular weight is 302 g/mol. The minimum atomic E-state index is -0.0607. The molecule has 1 aromatic rings. The molecule has 0 radical (unpaired) electrons. The second-order valence-corrected chi connectivity index (χ2v) is 6.34. The zero-order valence-corrected chi connectivity index (χ0v) is 12.8. The topological polar surface area (TPSA) is 29.5 Å². The molecule has 0 saturated carbocycles. The number of ether oxygens (including phenoxy) is 1. The Morgan fingerprint density at radius 2 is 2.53 bits per heavy atom. The van der Waals surface area contributed by atoms with Crippen LogP contribution in [0.1, 0.15) is 30.0 Å². The van der Waals surface area contributed by atoms with E-state index in [1.165, 1.54) is 4.88 Å². The van der Waals surface area contributed by atoms with E-state index >= 15 is 0 Å². The monoisotopic (exact) mass is 301 g/mol. The predicted octanol–water partition coefficient (Wildman–Crippen LogP) is 3.30. The summed E-state index contributed by atoms with van der Waals surface area (Å²) in [7, 11) is 0. The lowest BCUT2D eigenvalue weighted by Crippen LogP contribution is -2.40. The Hall–Kier alpha value is -0.580. The largest absolute Gasteiger partial charge is 0.466 e. The molecule has 0 N–H and O–H groups in total. The third kappa shape index (κ3) is 4.20. The number of hydrogen-bond donors (Lipinski definition) is 0. The van der Waals surface area contributed by atoms with Gasteiger partial charge in [-0.25, -0.2) is 0 Å². The van der Waals surface area contributed by atoms with Crippen molar-refractivity contribution in [3.8, 4) is 0 Å². The van der Waals surface area contributed by atoms with Gasteiger partial charge in [-0.05, 0) is 37.8 Å². The minimum Gasteiger partial charge on any atom is -0.466 e. The number of carbonyl (C=O) groups excluding carboxylic acids is 1. The van der Waals surface area contributed by atoms with Crippen molar-refractivity contribution < 1.29 is 9.53 Å². The van der Waals surface area contributed by atoms with Crippen LogP contribution in [0.3, 0.4) is 0 Å². The Labute approximate surface area is 123 Å². The van der Waals surface area contributed by atoms with E-state index in [0.29, 0.717) is 6.61 Å². The van der Waals surface area contributed by atoms with Crippen molar-refractivity contribution >= 4 is 28.9 Å². The zero-order chi connectivity index (χ0) is 13.7. The zero-order valence-electron chi connectivity index (χ0n) is 11.2. The van der Waals surface area contributed by atoms with Gasteiger partial charge in [0.2, 0.25) is 0 Å². The van der Waals surface area contributed by atoms with Crippen molar-refractivity contribution in [3.05, 3.63) is 22.4 Å². The highest BCUT2D eigenvalue weighted by Crippen LogP contribution is 2.28. The van der Waals surface area contributed by atoms with Gasteiger partial charge in [-0.3, -0.25) is 4.79 Å². The normalized spacial score (nSPS) is 22.1. The molecular weight excluding hydrogens is 282 g/mol. The Balaban J connectivity index is 1.85. The Kier molecular flexibility index (Phi) is 5.67. The van der Waals surface area contributed by atoms with E-state index in [1.54, 1.807) is 11.3 Å². The number of halogens is 1. The van der Waals surface area contributed by atoms with Crippen LogP contribution < -0.4 is 0 Å². The van der Waals surface area contributed by atoms with Gasteiger partial charge in [0.25, 0.3) is 0 Å². The van der Waals surface area contributed by atoms with Crippen LogP contribution in [-0.2, 0) is 9.53 Å². The van der Waals surface area contributed by atoms with Crippen molar-refractivity contribution in [2.45, 2.75) is 25.1 Å². The smallest absolute Gasteiger partial charge is 0.310 e. The third-order valence-electron chi connectivity index (χ3n) is 3.40. The third-order valence-corrected chi connectivity index (χ3v) is 4.88. The molecule has 0 spiro atoms. The summed E-state index contributed by atoms with van der Waals surface area (Å²) in [6.07, 6.45) is 1.97. The molecule has 2 atom stereocenters. The van der Waals surface area contributed by atoms with E-state index in [4.69, 9.17) is 16.3 Å². The second-order valence-electron chi connectivity index (χ2n) is 4.83. The van der Waals surface area contributed by atoms with E-state index < -0.39 is 0 Å². The lowest BCUT2D eigenvalue weighted by molar-refractivity contribution is -0.149. The molecule has 2 unspecified atom stereocenters. The van der Waals surface area contributed by atoms with E-state index in [0.717, 1.165) is 32.5 Å². The maximum absolute atomic E-state index is 11.8. The molecule has 1 saturated heterocycles. The van der Waals surface area contributed by atoms with Gasteiger partial charge in [0.05, 0.1) is 17.9 Å². The quantitative estimate of drug-likeness (QED) is 0.617. The summed E-state index contributed by atoms with van der Waals surface area (Å²) in [6.45, 7) is 4.91. The van der Waals surface area contributed by atoms with Gasteiger partial charge < -0.3 is 9.64 Å². The molecule has 1 aliphatic rings. The van der Waals surface area contributed by atoms with Crippen LogP contribution in [0.15, 0.2) is 17.5 Å². The molecule has 2 rings (SSSR count). The molecular formula is C14H20ClNO2S. The van der Waals surface area contributed by atoms with Crippen LogP contribution >= 0.6 is 22.9 Å². The van der Waals surface area contributed by atoms with E-state index in [2.05, 4.69) is 11.0 Å². The average Bonchev–Trinajstić information content (AvgIpc) is 2.93. The fraction of sp³-hybridized carbons (Fsp3) is 0.643. The number of nitrogens with zero attached hydrogens (tertiary/aromatic N) is 1. The number of esters is 1. The number of alkyl halides is 1. The summed E-state index contributed by atoms with van der Waals surface area (Å²) in [5, 5.41) is 2.06. The van der Waals surface area contributed by atoms with Crippen LogP contribution in [0.2, 0.25) is 0 Å². The predicted molar refractivity (Wildman–Crippen MR) is 78.7 cm³/mol. The first kappa shape index (κ1) is 14.8. The molecule has 0 aliphatic carbocycles. The highest BCUT2D eigenvalue weighted by molar-refractivity contribution is 7.10. The summed E-state index contributed by atoms with van der Waals surface area (Å²) in [5.41, 5.74) is 0. The molecule has 1 aliphatic heterocycles. The number of likely N-dealkylation sites (tertiary alicyclic amines) is 1. The second kappa shape index (κ2) is 7.27. The van der Waals surface area contributed by atoms with Gasteiger partial charge in [-0.15, -0.1) is 22.9 Å². The van der Waals surface area contributed by atoms with Crippen molar-refractivity contribution in [2.24, 2.45) is 5.92 Å². The van der Waals surface area contributed by atoms with Crippen molar-refractivity contribution in [1.29, 1.82) is 0 Å². The van der Waals surface area contributed by atoms with Gasteiger partial charge in [0, 0.05) is 18.0 Å². The first-order valence-corrected chi connectivity index (χ1v) is 8.08. The molecule has 106 valence electrons. The Morgan fingerprint density at radius 1 is 1.68 bits per heavy atom. The molecule has 0 bridgehead atoms. The number of piperidine rings is 1. The van der Waals surface area contributed by atoms with Crippen LogP contribution in [0.25, 0.3) is 0 Å². The lowest BCUT2D eigenvalue weighted by Gasteiger charge is -2.32. The molecule has 1 aromatic heterocycles. The first-order chi connectivity index (χ1) is 9.20. The van der Waals surface area contributed by atoms with Crippen LogP contribution in [-0.4, -0.2) is 37.1 Å². The van der Waals surface area contributed by atoms with Gasteiger partial charge >= 0.3 is 5.97 Å². The number of rotatable bonds is 5. The maximum atomic E-state index is 11.8. The van der Waals surface area contributed by atoms with Gasteiger partial charge in [-0.1, -0.05) is 6.07 Å². The molecule has 5 heteroatoms. The summed E-state index contributed by atoms with van der Waals surface area (Å²) in [6, 6.07) is 4.09. The van der Waals surface area contributed by atoms with E-state index in [9.17, 15) is 4.79 Å². The summed E-state index contributed by atoms with van der Waals surface area (Å²) in [5.74, 6) is -0.0460. The van der Waals surface area contributed by atoms with Crippen molar-refractivity contribution in [1.82, 2.24) is 4.90 Å². The Morgan fingerprint density at radius 3 is 3.21 bits per heavy atom. The van der Waals surface area contributed by atoms with Gasteiger partial charge in [-0.2, -0.15) is 0 Å². The molecule has 0 amide bonds. The Bertz CT molecular complexity index is 396. The number of hydrogen-bond acceptors (Lipinski definition) is 4. The fourth-order valence-electron chi connectivity index (χ4n) is 2.46. The maximum Gasteiger partial charge on any atom is 0.310 e. The highest BCUT2D eigenvalue weighted by Gasteiger charge is 2.28. The summed E-state index contributed by atoms with van der Waals surface area (Å²) >= 11 is 8.11. The van der Waals surface area contributed by atoms with E-state index in [1.807, 2.05) is 18.4 Å². The minimum absolute atomic E-state index is 0.0147. The van der Waals surface area contributed by atoms with Crippen molar-refractivity contribution in [3.63, 3.8) is 0 Å². The summed E-state index contributed by atoms with van der Waals surface area (Å²) < 4.78 is 5.11. The number of carbonyl (C=O) groups is 1. The standard InChI is InChI=1S/C14H20ClNO2S/c1-2-18-14(17)11-5-3-7-16(9-11)10-12(15)13-6-4-8-19-13/h4,6,8,11-12H,2-3,5,7,9-10H2,1H3. The first-order valence-electron chi connectivity index (χ1n) is 6.77. The van der Waals surface area contributed by atoms with Crippen LogP contribution in [0, 0.1) is 5.92 Å².